The second-order valence-corrected chi connectivity index (χ2v) is 6.46. The van der Waals surface area contributed by atoms with E-state index in [9.17, 15) is 4.79 Å². The number of likely N-dealkylation sites (tertiary alicyclic amines) is 2. The average molecular weight is 293 g/mol. The summed E-state index contributed by atoms with van der Waals surface area (Å²) >= 11 is 6.08. The molecular formula is C16H21ClN2O. The molecule has 2 fully saturated rings. The number of benzene rings is 1. The van der Waals surface area contributed by atoms with Crippen molar-refractivity contribution in [2.75, 3.05) is 19.6 Å². The Kier molecular flexibility index (Phi) is 4.27. The summed E-state index contributed by atoms with van der Waals surface area (Å²) in [7, 11) is 0. The highest BCUT2D eigenvalue weighted by molar-refractivity contribution is 6.22. The van der Waals surface area contributed by atoms with Crippen LogP contribution in [-0.2, 0) is 11.3 Å². The van der Waals surface area contributed by atoms with Crippen molar-refractivity contribution in [3.63, 3.8) is 0 Å². The molecule has 0 saturated carbocycles. The first-order valence-corrected chi connectivity index (χ1v) is 7.86. The number of hydrogen-bond donors (Lipinski definition) is 0. The fourth-order valence-corrected chi connectivity index (χ4v) is 3.55. The van der Waals surface area contributed by atoms with Crippen LogP contribution >= 0.6 is 11.6 Å². The van der Waals surface area contributed by atoms with Crippen LogP contribution < -0.4 is 0 Å². The Hall–Kier alpha value is -1.06. The third kappa shape index (κ3) is 3.15. The quantitative estimate of drug-likeness (QED) is 0.799. The van der Waals surface area contributed by atoms with Gasteiger partial charge in [-0.05, 0) is 18.4 Å². The predicted octanol–water partition coefficient (Wildman–Crippen LogP) is 2.49. The lowest BCUT2D eigenvalue weighted by Crippen LogP contribution is -2.45. The van der Waals surface area contributed by atoms with E-state index in [0.717, 1.165) is 39.0 Å². The van der Waals surface area contributed by atoms with Crippen molar-refractivity contribution in [1.29, 1.82) is 0 Å². The van der Waals surface area contributed by atoms with Crippen LogP contribution in [0, 0.1) is 0 Å². The summed E-state index contributed by atoms with van der Waals surface area (Å²) in [4.78, 5) is 16.4. The number of rotatable bonds is 3. The first kappa shape index (κ1) is 13.9. The Labute approximate surface area is 125 Å². The maximum Gasteiger partial charge on any atom is 0.224 e. The Morgan fingerprint density at radius 3 is 2.45 bits per heavy atom. The van der Waals surface area contributed by atoms with Crippen molar-refractivity contribution in [2.45, 2.75) is 37.2 Å². The number of piperidine rings is 1. The summed E-state index contributed by atoms with van der Waals surface area (Å²) in [6.45, 7) is 3.88. The highest BCUT2D eigenvalue weighted by atomic mass is 35.5. The van der Waals surface area contributed by atoms with E-state index in [4.69, 9.17) is 11.6 Å². The van der Waals surface area contributed by atoms with Crippen molar-refractivity contribution in [1.82, 2.24) is 9.80 Å². The van der Waals surface area contributed by atoms with Crippen LogP contribution in [0.15, 0.2) is 30.3 Å². The molecule has 0 aliphatic carbocycles. The molecule has 2 saturated heterocycles. The molecule has 3 rings (SSSR count). The first-order valence-electron chi connectivity index (χ1n) is 7.42. The van der Waals surface area contributed by atoms with Gasteiger partial charge in [0.05, 0.1) is 5.38 Å². The van der Waals surface area contributed by atoms with E-state index < -0.39 is 0 Å². The maximum absolute atomic E-state index is 11.9. The Balaban J connectivity index is 1.51. The van der Waals surface area contributed by atoms with E-state index in [2.05, 4.69) is 35.2 Å². The number of amides is 1. The zero-order valence-corrected chi connectivity index (χ0v) is 12.4. The van der Waals surface area contributed by atoms with Gasteiger partial charge in [-0.3, -0.25) is 9.69 Å². The lowest BCUT2D eigenvalue weighted by Gasteiger charge is -2.36. The van der Waals surface area contributed by atoms with Crippen LogP contribution in [0.4, 0.5) is 0 Å². The normalized spacial score (nSPS) is 25.4. The van der Waals surface area contributed by atoms with Crippen molar-refractivity contribution >= 4 is 17.5 Å². The molecular weight excluding hydrogens is 272 g/mol. The van der Waals surface area contributed by atoms with Gasteiger partial charge in [0, 0.05) is 38.6 Å². The molecule has 2 heterocycles. The molecule has 108 valence electrons. The highest BCUT2D eigenvalue weighted by Crippen LogP contribution is 2.25. The molecule has 0 bridgehead atoms. The second kappa shape index (κ2) is 6.15. The van der Waals surface area contributed by atoms with Crippen molar-refractivity contribution in [2.24, 2.45) is 0 Å². The van der Waals surface area contributed by atoms with Crippen LogP contribution in [0.25, 0.3) is 0 Å². The molecule has 1 aromatic carbocycles. The Morgan fingerprint density at radius 1 is 1.15 bits per heavy atom. The van der Waals surface area contributed by atoms with E-state index in [0.29, 0.717) is 12.5 Å². The molecule has 1 unspecified atom stereocenters. The van der Waals surface area contributed by atoms with Gasteiger partial charge in [0.25, 0.3) is 0 Å². The topological polar surface area (TPSA) is 23.6 Å². The summed E-state index contributed by atoms with van der Waals surface area (Å²) in [5.41, 5.74) is 1.36. The fourth-order valence-electron chi connectivity index (χ4n) is 3.27. The zero-order valence-electron chi connectivity index (χ0n) is 11.7. The van der Waals surface area contributed by atoms with Crippen LogP contribution in [0.3, 0.4) is 0 Å². The summed E-state index contributed by atoms with van der Waals surface area (Å²) in [5, 5.41) is 0.0184. The molecule has 2 aliphatic rings. The predicted molar refractivity (Wildman–Crippen MR) is 80.7 cm³/mol. The molecule has 0 aromatic heterocycles. The third-order valence-electron chi connectivity index (χ3n) is 4.36. The molecule has 0 radical (unpaired) electrons. The van der Waals surface area contributed by atoms with Gasteiger partial charge in [0.15, 0.2) is 0 Å². The van der Waals surface area contributed by atoms with Crippen LogP contribution in [0.2, 0.25) is 0 Å². The summed E-state index contributed by atoms with van der Waals surface area (Å²) in [5.74, 6) is 0.242. The number of halogens is 1. The number of alkyl halides is 1. The SMILES string of the molecule is O=C1CC(Cl)CN1C1CCN(Cc2ccccc2)CC1. The zero-order chi connectivity index (χ0) is 13.9. The van der Waals surface area contributed by atoms with Gasteiger partial charge in [-0.15, -0.1) is 11.6 Å². The van der Waals surface area contributed by atoms with Crippen molar-refractivity contribution in [3.05, 3.63) is 35.9 Å². The third-order valence-corrected chi connectivity index (χ3v) is 4.65. The average Bonchev–Trinajstić information content (AvgIpc) is 2.80. The first-order chi connectivity index (χ1) is 9.72. The lowest BCUT2D eigenvalue weighted by molar-refractivity contribution is -0.130. The highest BCUT2D eigenvalue weighted by Gasteiger charge is 2.34. The Bertz CT molecular complexity index is 457. The Morgan fingerprint density at radius 2 is 1.85 bits per heavy atom. The molecule has 0 spiro atoms. The van der Waals surface area contributed by atoms with Gasteiger partial charge >= 0.3 is 0 Å². The minimum atomic E-state index is 0.0184. The van der Waals surface area contributed by atoms with E-state index in [1.807, 2.05) is 4.90 Å². The lowest BCUT2D eigenvalue weighted by atomic mass is 10.0. The summed E-state index contributed by atoms with van der Waals surface area (Å²) in [6, 6.07) is 11.0. The van der Waals surface area contributed by atoms with Crippen LogP contribution in [0.5, 0.6) is 0 Å². The van der Waals surface area contributed by atoms with Crippen LogP contribution in [-0.4, -0.2) is 46.8 Å². The van der Waals surface area contributed by atoms with Crippen molar-refractivity contribution < 1.29 is 4.79 Å². The van der Waals surface area contributed by atoms with E-state index in [1.54, 1.807) is 0 Å². The van der Waals surface area contributed by atoms with Gasteiger partial charge in [0.2, 0.25) is 5.91 Å². The van der Waals surface area contributed by atoms with Crippen LogP contribution in [0.1, 0.15) is 24.8 Å². The van der Waals surface area contributed by atoms with E-state index in [1.165, 1.54) is 5.56 Å². The fraction of sp³-hybridized carbons (Fsp3) is 0.562. The number of carbonyl (C=O) groups excluding carboxylic acids is 1. The molecule has 4 heteroatoms. The molecule has 2 aliphatic heterocycles. The van der Waals surface area contributed by atoms with Gasteiger partial charge in [-0.1, -0.05) is 30.3 Å². The summed E-state index contributed by atoms with van der Waals surface area (Å²) < 4.78 is 0. The molecule has 3 nitrogen and oxygen atoms in total. The monoisotopic (exact) mass is 292 g/mol. The minimum absolute atomic E-state index is 0.0184. The van der Waals surface area contributed by atoms with Gasteiger partial charge in [0.1, 0.15) is 0 Å². The number of nitrogens with zero attached hydrogens (tertiary/aromatic N) is 2. The van der Waals surface area contributed by atoms with Crippen molar-refractivity contribution in [3.8, 4) is 0 Å². The molecule has 20 heavy (non-hydrogen) atoms. The minimum Gasteiger partial charge on any atom is -0.338 e. The van der Waals surface area contributed by atoms with E-state index in [-0.39, 0.29) is 11.3 Å². The van der Waals surface area contributed by atoms with Gasteiger partial charge in [-0.2, -0.15) is 0 Å². The van der Waals surface area contributed by atoms with Gasteiger partial charge < -0.3 is 4.90 Å². The molecule has 0 N–H and O–H groups in total. The molecule has 1 atom stereocenters. The largest absolute Gasteiger partial charge is 0.338 e. The standard InChI is InChI=1S/C16H21ClN2O/c17-14-10-16(20)19(12-14)15-6-8-18(9-7-15)11-13-4-2-1-3-5-13/h1-5,14-15H,6-12H2. The number of carbonyl (C=O) groups is 1. The smallest absolute Gasteiger partial charge is 0.224 e. The van der Waals surface area contributed by atoms with E-state index >= 15 is 0 Å². The van der Waals surface area contributed by atoms with Gasteiger partial charge in [-0.25, -0.2) is 0 Å². The maximum atomic E-state index is 11.9. The second-order valence-electron chi connectivity index (χ2n) is 5.84. The molecule has 1 aromatic rings. The summed E-state index contributed by atoms with van der Waals surface area (Å²) in [6.07, 6.45) is 2.66. The number of hydrogen-bond acceptors (Lipinski definition) is 2. The molecule has 1 amide bonds.